The Morgan fingerprint density at radius 2 is 0.930 bits per heavy atom. The van der Waals surface area contributed by atoms with Gasteiger partial charge in [-0.2, -0.15) is 0 Å². The van der Waals surface area contributed by atoms with E-state index in [1.165, 1.54) is 0 Å². The van der Waals surface area contributed by atoms with Gasteiger partial charge in [0.2, 0.25) is 5.89 Å². The van der Waals surface area contributed by atoms with Crippen molar-refractivity contribution in [3.63, 3.8) is 0 Å². The number of benzene rings is 6. The van der Waals surface area contributed by atoms with Crippen LogP contribution in [0.15, 0.2) is 168 Å². The highest BCUT2D eigenvalue weighted by Crippen LogP contribution is 2.38. The molecule has 0 saturated heterocycles. The lowest BCUT2D eigenvalue weighted by Crippen LogP contribution is -2.09. The number of aromatic nitrogens is 1. The Hall–Kier alpha value is -5.87. The van der Waals surface area contributed by atoms with Gasteiger partial charge < -0.3 is 14.4 Å². The maximum absolute atomic E-state index is 10.7. The molecule has 0 fully saturated rings. The molecule has 0 amide bonds. The van der Waals surface area contributed by atoms with Crippen LogP contribution in [0.2, 0.25) is 0 Å². The normalized spacial score (nSPS) is 10.9. The molecule has 0 atom stereocenters. The summed E-state index contributed by atoms with van der Waals surface area (Å²) in [6.45, 7) is 0. The summed E-state index contributed by atoms with van der Waals surface area (Å²) >= 11 is 0. The summed E-state index contributed by atoms with van der Waals surface area (Å²) in [7, 11) is 0. The van der Waals surface area contributed by atoms with Gasteiger partial charge in [0.1, 0.15) is 5.75 Å². The van der Waals surface area contributed by atoms with Crippen molar-refractivity contribution in [3.8, 4) is 50.8 Å². The van der Waals surface area contributed by atoms with Crippen LogP contribution in [0, 0.1) is 0 Å². The Kier molecular flexibility index (Phi) is 7.00. The largest absolute Gasteiger partial charge is 0.507 e. The summed E-state index contributed by atoms with van der Waals surface area (Å²) in [5, 5.41) is 10.7. The van der Waals surface area contributed by atoms with E-state index in [-0.39, 0.29) is 5.75 Å². The number of oxazole rings is 1. The van der Waals surface area contributed by atoms with E-state index in [4.69, 9.17) is 4.42 Å². The Bertz CT molecular complexity index is 1910. The number of aromatic hydroxyl groups is 1. The summed E-state index contributed by atoms with van der Waals surface area (Å²) in [6.07, 6.45) is 1.70. The fourth-order valence-electron chi connectivity index (χ4n) is 5.28. The zero-order valence-corrected chi connectivity index (χ0v) is 23.3. The molecule has 0 aliphatic rings. The summed E-state index contributed by atoms with van der Waals surface area (Å²) in [5.74, 6) is 1.13. The van der Waals surface area contributed by atoms with Gasteiger partial charge in [0, 0.05) is 22.6 Å². The third-order valence-corrected chi connectivity index (χ3v) is 7.50. The van der Waals surface area contributed by atoms with Crippen molar-refractivity contribution in [1.82, 2.24) is 4.98 Å². The molecule has 0 radical (unpaired) electrons. The van der Waals surface area contributed by atoms with E-state index in [1.54, 1.807) is 12.3 Å². The molecule has 1 heterocycles. The number of nitrogens with zero attached hydrogens (tertiary/aromatic N) is 2. The standard InChI is InChI=1S/C39H28N2O2/c42-37-25-22-32(30-20-23-35(24-21-30)41(33-12-6-2-7-13-33)34-14-8-3-9-15-34)26-36(37)39-40-27-38(43-39)31-18-16-29(17-19-31)28-10-4-1-5-11-28/h1-27,42H. The van der Waals surface area contributed by atoms with Crippen LogP contribution in [-0.4, -0.2) is 10.1 Å². The van der Waals surface area contributed by atoms with Gasteiger partial charge in [0.25, 0.3) is 0 Å². The van der Waals surface area contributed by atoms with Crippen LogP contribution >= 0.6 is 0 Å². The molecule has 0 aliphatic carbocycles. The van der Waals surface area contributed by atoms with Crippen molar-refractivity contribution in [2.24, 2.45) is 0 Å². The average Bonchev–Trinajstić information content (AvgIpc) is 3.57. The second-order valence-electron chi connectivity index (χ2n) is 10.3. The molecule has 4 heteroatoms. The van der Waals surface area contributed by atoms with Gasteiger partial charge in [0.05, 0.1) is 11.8 Å². The van der Waals surface area contributed by atoms with Crippen molar-refractivity contribution in [1.29, 1.82) is 0 Å². The molecular formula is C39H28N2O2. The number of hydrogen-bond acceptors (Lipinski definition) is 4. The highest BCUT2D eigenvalue weighted by Gasteiger charge is 2.16. The monoisotopic (exact) mass is 556 g/mol. The molecule has 43 heavy (non-hydrogen) atoms. The zero-order chi connectivity index (χ0) is 29.0. The van der Waals surface area contributed by atoms with Crippen LogP contribution in [0.3, 0.4) is 0 Å². The molecule has 7 rings (SSSR count). The first-order chi connectivity index (χ1) is 21.2. The van der Waals surface area contributed by atoms with Crippen LogP contribution in [0.25, 0.3) is 45.0 Å². The van der Waals surface area contributed by atoms with Crippen LogP contribution in [0.5, 0.6) is 5.75 Å². The Morgan fingerprint density at radius 3 is 1.56 bits per heavy atom. The van der Waals surface area contributed by atoms with E-state index in [0.717, 1.165) is 44.9 Å². The van der Waals surface area contributed by atoms with Gasteiger partial charge in [-0.25, -0.2) is 4.98 Å². The molecule has 0 aliphatic heterocycles. The van der Waals surface area contributed by atoms with Crippen LogP contribution in [0.1, 0.15) is 0 Å². The first kappa shape index (κ1) is 26.1. The van der Waals surface area contributed by atoms with Gasteiger partial charge in [-0.3, -0.25) is 0 Å². The molecule has 0 saturated carbocycles. The Labute approximate surface area is 250 Å². The highest BCUT2D eigenvalue weighted by molar-refractivity contribution is 5.80. The van der Waals surface area contributed by atoms with E-state index >= 15 is 0 Å². The van der Waals surface area contributed by atoms with Gasteiger partial charge >= 0.3 is 0 Å². The lowest BCUT2D eigenvalue weighted by atomic mass is 10.0. The fourth-order valence-corrected chi connectivity index (χ4v) is 5.28. The Balaban J connectivity index is 1.16. The minimum atomic E-state index is 0.118. The molecule has 4 nitrogen and oxygen atoms in total. The second kappa shape index (κ2) is 11.6. The summed E-state index contributed by atoms with van der Waals surface area (Å²) in [6, 6.07) is 53.1. The van der Waals surface area contributed by atoms with E-state index in [0.29, 0.717) is 17.2 Å². The lowest BCUT2D eigenvalue weighted by Gasteiger charge is -2.25. The van der Waals surface area contributed by atoms with Crippen LogP contribution < -0.4 is 4.90 Å². The maximum Gasteiger partial charge on any atom is 0.230 e. The predicted octanol–water partition coefficient (Wildman–Crippen LogP) is 10.5. The van der Waals surface area contributed by atoms with Gasteiger partial charge in [-0.1, -0.05) is 109 Å². The molecule has 0 spiro atoms. The molecule has 0 unspecified atom stereocenters. The molecule has 7 aromatic rings. The number of rotatable bonds is 7. The molecule has 0 bridgehead atoms. The first-order valence-electron chi connectivity index (χ1n) is 14.2. The van der Waals surface area contributed by atoms with Crippen LogP contribution in [-0.2, 0) is 0 Å². The molecule has 206 valence electrons. The van der Waals surface area contributed by atoms with Crippen molar-refractivity contribution < 1.29 is 9.52 Å². The fraction of sp³-hybridized carbons (Fsp3) is 0. The van der Waals surface area contributed by atoms with E-state index in [1.807, 2.05) is 78.9 Å². The lowest BCUT2D eigenvalue weighted by molar-refractivity contribution is 0.473. The number of para-hydroxylation sites is 2. The number of hydrogen-bond donors (Lipinski definition) is 1. The van der Waals surface area contributed by atoms with Gasteiger partial charge in [-0.05, 0) is 70.8 Å². The number of phenolic OH excluding ortho intramolecular Hbond substituents is 1. The first-order valence-corrected chi connectivity index (χ1v) is 14.2. The minimum Gasteiger partial charge on any atom is -0.507 e. The van der Waals surface area contributed by atoms with Crippen molar-refractivity contribution in [3.05, 3.63) is 164 Å². The van der Waals surface area contributed by atoms with E-state index in [9.17, 15) is 5.11 Å². The molecule has 1 aromatic heterocycles. The third-order valence-electron chi connectivity index (χ3n) is 7.50. The molecular weight excluding hydrogens is 528 g/mol. The summed E-state index contributed by atoms with van der Waals surface area (Å²) in [5.41, 5.74) is 8.97. The second-order valence-corrected chi connectivity index (χ2v) is 10.3. The molecule has 1 N–H and O–H groups in total. The predicted molar refractivity (Wildman–Crippen MR) is 175 cm³/mol. The summed E-state index contributed by atoms with van der Waals surface area (Å²) < 4.78 is 6.14. The van der Waals surface area contributed by atoms with Gasteiger partial charge in [0.15, 0.2) is 5.76 Å². The van der Waals surface area contributed by atoms with Gasteiger partial charge in [-0.15, -0.1) is 0 Å². The minimum absolute atomic E-state index is 0.118. The number of anilines is 3. The van der Waals surface area contributed by atoms with Crippen molar-refractivity contribution in [2.45, 2.75) is 0 Å². The third kappa shape index (κ3) is 5.42. The highest BCUT2D eigenvalue weighted by atomic mass is 16.4. The van der Waals surface area contributed by atoms with E-state index < -0.39 is 0 Å². The summed E-state index contributed by atoms with van der Waals surface area (Å²) in [4.78, 5) is 6.74. The molecule has 6 aromatic carbocycles. The maximum atomic E-state index is 10.7. The Morgan fingerprint density at radius 1 is 0.465 bits per heavy atom. The SMILES string of the molecule is Oc1ccc(-c2ccc(N(c3ccccc3)c3ccccc3)cc2)cc1-c1ncc(-c2ccc(-c3ccccc3)cc2)o1. The quantitative estimate of drug-likeness (QED) is 0.212. The van der Waals surface area contributed by atoms with Crippen LogP contribution in [0.4, 0.5) is 17.1 Å². The topological polar surface area (TPSA) is 49.5 Å². The smallest absolute Gasteiger partial charge is 0.230 e. The van der Waals surface area contributed by atoms with Crippen molar-refractivity contribution in [2.75, 3.05) is 4.90 Å². The number of phenols is 1. The zero-order valence-electron chi connectivity index (χ0n) is 23.3. The van der Waals surface area contributed by atoms with E-state index in [2.05, 4.69) is 82.7 Å². The van der Waals surface area contributed by atoms with Crippen molar-refractivity contribution >= 4 is 17.1 Å². The average molecular weight is 557 g/mol.